The fraction of sp³-hybridized carbons (Fsp3) is 0.0476. The van der Waals surface area contributed by atoms with Crippen LogP contribution in [0.25, 0.3) is 16.7 Å². The minimum atomic E-state index is -0.390. The molecule has 2 aromatic carbocycles. The first-order valence-electron chi connectivity index (χ1n) is 9.43. The molecule has 0 saturated heterocycles. The molecule has 0 unspecified atom stereocenters. The van der Waals surface area contributed by atoms with E-state index in [9.17, 15) is 9.18 Å². The van der Waals surface area contributed by atoms with E-state index in [1.807, 2.05) is 30.3 Å². The van der Waals surface area contributed by atoms with Crippen LogP contribution in [0.15, 0.2) is 72.1 Å². The van der Waals surface area contributed by atoms with Gasteiger partial charge in [0.25, 0.3) is 5.91 Å². The molecule has 32 heavy (non-hydrogen) atoms. The van der Waals surface area contributed by atoms with Gasteiger partial charge in [-0.2, -0.15) is 5.10 Å². The normalized spacial score (nSPS) is 11.0. The summed E-state index contributed by atoms with van der Waals surface area (Å²) in [6.07, 6.45) is 3.25. The number of hydrogen-bond donors (Lipinski definition) is 1. The third-order valence-corrected chi connectivity index (χ3v) is 6.55. The maximum absolute atomic E-state index is 13.0. The predicted octanol–water partition coefficient (Wildman–Crippen LogP) is 4.35. The number of carbonyl (C=O) groups is 1. The van der Waals surface area contributed by atoms with Gasteiger partial charge >= 0.3 is 0 Å². The molecule has 0 bridgehead atoms. The SMILES string of the molecule is O=C(Nc1ccc(F)cc1)c1nnc(CSc2ncnc3c2cnn3-c2ccccc2)s1. The Labute approximate surface area is 189 Å². The first-order valence-corrected chi connectivity index (χ1v) is 11.2. The van der Waals surface area contributed by atoms with Gasteiger partial charge in [-0.1, -0.05) is 41.3 Å². The van der Waals surface area contributed by atoms with Crippen molar-refractivity contribution in [2.45, 2.75) is 10.8 Å². The standard InChI is InChI=1S/C21H14FN7OS2/c22-13-6-8-14(9-7-13)26-19(30)21-28-27-17(32-21)11-31-20-16-10-25-29(18(16)23-12-24-20)15-4-2-1-3-5-15/h1-10,12H,11H2,(H,26,30). The van der Waals surface area contributed by atoms with Crippen LogP contribution in [0.2, 0.25) is 0 Å². The maximum atomic E-state index is 13.0. The van der Waals surface area contributed by atoms with Gasteiger partial charge in [0.1, 0.15) is 22.2 Å². The zero-order valence-electron chi connectivity index (χ0n) is 16.3. The minimum Gasteiger partial charge on any atom is -0.320 e. The number of aromatic nitrogens is 6. The molecule has 1 N–H and O–H groups in total. The van der Waals surface area contributed by atoms with Crippen LogP contribution < -0.4 is 5.32 Å². The van der Waals surface area contributed by atoms with Crippen molar-refractivity contribution in [2.75, 3.05) is 5.32 Å². The number of halogens is 1. The molecule has 0 spiro atoms. The first-order chi connectivity index (χ1) is 15.7. The fourth-order valence-electron chi connectivity index (χ4n) is 2.95. The summed E-state index contributed by atoms with van der Waals surface area (Å²) in [4.78, 5) is 21.1. The average molecular weight is 464 g/mol. The van der Waals surface area contributed by atoms with E-state index in [1.165, 1.54) is 53.7 Å². The van der Waals surface area contributed by atoms with Crippen molar-refractivity contribution in [2.24, 2.45) is 0 Å². The lowest BCUT2D eigenvalue weighted by atomic mass is 10.3. The second-order valence-electron chi connectivity index (χ2n) is 6.56. The molecule has 11 heteroatoms. The lowest BCUT2D eigenvalue weighted by molar-refractivity contribution is 0.102. The molecule has 158 valence electrons. The van der Waals surface area contributed by atoms with Crippen LogP contribution in [0.5, 0.6) is 0 Å². The van der Waals surface area contributed by atoms with Gasteiger partial charge in [-0.25, -0.2) is 19.0 Å². The summed E-state index contributed by atoms with van der Waals surface area (Å²) in [5, 5.41) is 17.7. The van der Waals surface area contributed by atoms with Crippen molar-refractivity contribution >= 4 is 45.7 Å². The van der Waals surface area contributed by atoms with E-state index in [-0.39, 0.29) is 16.7 Å². The lowest BCUT2D eigenvalue weighted by Crippen LogP contribution is -2.11. The number of fused-ring (bicyclic) bond motifs is 1. The number of hydrogen-bond acceptors (Lipinski definition) is 8. The third-order valence-electron chi connectivity index (χ3n) is 4.43. The molecule has 0 aliphatic carbocycles. The summed E-state index contributed by atoms with van der Waals surface area (Å²) in [5.41, 5.74) is 2.12. The molecular weight excluding hydrogens is 449 g/mol. The minimum absolute atomic E-state index is 0.231. The number of nitrogens with one attached hydrogen (secondary N) is 1. The van der Waals surface area contributed by atoms with E-state index in [0.717, 1.165) is 16.1 Å². The van der Waals surface area contributed by atoms with Crippen molar-refractivity contribution in [1.82, 2.24) is 29.9 Å². The Balaban J connectivity index is 1.29. The average Bonchev–Trinajstić information content (AvgIpc) is 3.47. The molecule has 0 atom stereocenters. The topological polar surface area (TPSA) is 98.5 Å². The number of carbonyl (C=O) groups excluding carboxylic acids is 1. The van der Waals surface area contributed by atoms with Crippen molar-refractivity contribution in [1.29, 1.82) is 0 Å². The van der Waals surface area contributed by atoms with E-state index in [0.29, 0.717) is 22.1 Å². The van der Waals surface area contributed by atoms with Crippen molar-refractivity contribution < 1.29 is 9.18 Å². The zero-order chi connectivity index (χ0) is 21.9. The second-order valence-corrected chi connectivity index (χ2v) is 8.58. The Morgan fingerprint density at radius 2 is 1.88 bits per heavy atom. The third kappa shape index (κ3) is 4.20. The number of anilines is 1. The highest BCUT2D eigenvalue weighted by molar-refractivity contribution is 7.98. The van der Waals surface area contributed by atoms with E-state index in [2.05, 4.69) is 30.6 Å². The van der Waals surface area contributed by atoms with Gasteiger partial charge in [-0.3, -0.25) is 4.79 Å². The highest BCUT2D eigenvalue weighted by Gasteiger charge is 2.15. The number of rotatable bonds is 6. The molecule has 8 nitrogen and oxygen atoms in total. The molecule has 3 heterocycles. The highest BCUT2D eigenvalue weighted by atomic mass is 32.2. The number of thioether (sulfide) groups is 1. The summed E-state index contributed by atoms with van der Waals surface area (Å²) in [6, 6.07) is 15.3. The van der Waals surface area contributed by atoms with Gasteiger partial charge in [0.2, 0.25) is 5.01 Å². The molecule has 1 amide bonds. The molecule has 0 aliphatic heterocycles. The number of para-hydroxylation sites is 1. The van der Waals surface area contributed by atoms with Gasteiger partial charge in [0.05, 0.1) is 23.0 Å². The second kappa shape index (κ2) is 8.81. The molecule has 0 saturated carbocycles. The highest BCUT2D eigenvalue weighted by Crippen LogP contribution is 2.29. The summed E-state index contributed by atoms with van der Waals surface area (Å²) < 4.78 is 14.8. The molecule has 3 aromatic heterocycles. The van der Waals surface area contributed by atoms with Crippen LogP contribution in [0.4, 0.5) is 10.1 Å². The van der Waals surface area contributed by atoms with Crippen LogP contribution in [-0.2, 0) is 5.75 Å². The Kier molecular flexibility index (Phi) is 5.57. The molecule has 5 aromatic rings. The van der Waals surface area contributed by atoms with Crippen molar-refractivity contribution in [3.8, 4) is 5.69 Å². The molecular formula is C21H14FN7OS2. The Morgan fingerprint density at radius 3 is 2.69 bits per heavy atom. The van der Waals surface area contributed by atoms with E-state index in [1.54, 1.807) is 10.9 Å². The monoisotopic (exact) mass is 463 g/mol. The quantitative estimate of drug-likeness (QED) is 0.295. The van der Waals surface area contributed by atoms with Gasteiger partial charge in [-0.05, 0) is 36.4 Å². The molecule has 0 radical (unpaired) electrons. The number of nitrogens with zero attached hydrogens (tertiary/aromatic N) is 6. The summed E-state index contributed by atoms with van der Waals surface area (Å²) in [7, 11) is 0. The summed E-state index contributed by atoms with van der Waals surface area (Å²) in [6.45, 7) is 0. The number of amides is 1. The summed E-state index contributed by atoms with van der Waals surface area (Å²) in [5.74, 6) is -0.269. The molecule has 5 rings (SSSR count). The van der Waals surface area contributed by atoms with Gasteiger partial charge in [-0.15, -0.1) is 10.2 Å². The predicted molar refractivity (Wildman–Crippen MR) is 120 cm³/mol. The van der Waals surface area contributed by atoms with Crippen molar-refractivity contribution in [3.05, 3.63) is 83.0 Å². The van der Waals surface area contributed by atoms with E-state index in [4.69, 9.17) is 0 Å². The van der Waals surface area contributed by atoms with E-state index >= 15 is 0 Å². The van der Waals surface area contributed by atoms with Crippen molar-refractivity contribution in [3.63, 3.8) is 0 Å². The Bertz CT molecular complexity index is 1390. The number of benzene rings is 2. The van der Waals surface area contributed by atoms with Crippen LogP contribution in [-0.4, -0.2) is 35.9 Å². The fourth-order valence-corrected chi connectivity index (χ4v) is 4.63. The van der Waals surface area contributed by atoms with Crippen LogP contribution >= 0.6 is 23.1 Å². The van der Waals surface area contributed by atoms with Gasteiger partial charge in [0.15, 0.2) is 5.65 Å². The Morgan fingerprint density at radius 1 is 1.06 bits per heavy atom. The first kappa shape index (κ1) is 20.2. The Hall–Kier alpha value is -3.70. The summed E-state index contributed by atoms with van der Waals surface area (Å²) >= 11 is 2.67. The molecule has 0 aliphatic rings. The van der Waals surface area contributed by atoms with Gasteiger partial charge < -0.3 is 5.32 Å². The van der Waals surface area contributed by atoms with Crippen LogP contribution in [0.3, 0.4) is 0 Å². The zero-order valence-corrected chi connectivity index (χ0v) is 18.0. The largest absolute Gasteiger partial charge is 0.320 e. The maximum Gasteiger partial charge on any atom is 0.286 e. The molecule has 0 fully saturated rings. The lowest BCUT2D eigenvalue weighted by Gasteiger charge is -2.03. The van der Waals surface area contributed by atoms with E-state index < -0.39 is 0 Å². The smallest absolute Gasteiger partial charge is 0.286 e. The van der Waals surface area contributed by atoms with Gasteiger partial charge in [0, 0.05) is 5.69 Å². The van der Waals surface area contributed by atoms with Crippen LogP contribution in [0.1, 0.15) is 14.8 Å². The van der Waals surface area contributed by atoms with Crippen LogP contribution in [0, 0.1) is 5.82 Å².